The first-order chi connectivity index (χ1) is 25.2. The molecule has 2 saturated heterocycles. The molecule has 0 saturated carbocycles. The highest BCUT2D eigenvalue weighted by Crippen LogP contribution is 2.30. The van der Waals surface area contributed by atoms with Crippen molar-refractivity contribution in [2.45, 2.75) is 65.3 Å². The summed E-state index contributed by atoms with van der Waals surface area (Å²) in [6.07, 6.45) is 0.714. The molecule has 2 fully saturated rings. The minimum absolute atomic E-state index is 0.0164. The second kappa shape index (κ2) is 15.6. The zero-order chi connectivity index (χ0) is 38.0. The van der Waals surface area contributed by atoms with Gasteiger partial charge in [0.2, 0.25) is 11.8 Å². The van der Waals surface area contributed by atoms with Gasteiger partial charge in [0.1, 0.15) is 17.9 Å². The summed E-state index contributed by atoms with van der Waals surface area (Å²) in [5.74, 6) is -0.241. The lowest BCUT2D eigenvalue weighted by Gasteiger charge is -2.37. The van der Waals surface area contributed by atoms with Gasteiger partial charge in [-0.05, 0) is 42.5 Å². The van der Waals surface area contributed by atoms with E-state index < -0.39 is 35.4 Å². The summed E-state index contributed by atoms with van der Waals surface area (Å²) in [4.78, 5) is 56.9. The molecule has 0 aliphatic carbocycles. The fourth-order valence-corrected chi connectivity index (χ4v) is 7.69. The Morgan fingerprint density at radius 2 is 1.70 bits per heavy atom. The van der Waals surface area contributed by atoms with E-state index in [0.29, 0.717) is 43.4 Å². The molecule has 3 aromatic heterocycles. The average Bonchev–Trinajstić information content (AvgIpc) is 3.76. The number of likely N-dealkylation sites (tertiary alicyclic amines) is 1. The first-order valence-corrected chi connectivity index (χ1v) is 18.8. The van der Waals surface area contributed by atoms with Crippen LogP contribution in [-0.4, -0.2) is 98.8 Å². The van der Waals surface area contributed by atoms with Crippen LogP contribution < -0.4 is 26.2 Å². The smallest absolute Gasteiger partial charge is 0.253 e. The molecule has 2 aliphatic rings. The highest BCUT2D eigenvalue weighted by atomic mass is 35.5. The third-order valence-corrected chi connectivity index (χ3v) is 10.9. The van der Waals surface area contributed by atoms with Crippen molar-refractivity contribution in [3.8, 4) is 10.4 Å². The molecule has 0 spiro atoms. The summed E-state index contributed by atoms with van der Waals surface area (Å²) >= 11 is 7.61. The number of hydrogen-bond donors (Lipinski definition) is 4. The Kier molecular flexibility index (Phi) is 11.2. The quantitative estimate of drug-likeness (QED) is 0.195. The molecule has 4 atom stereocenters. The van der Waals surface area contributed by atoms with Crippen molar-refractivity contribution >= 4 is 58.0 Å². The van der Waals surface area contributed by atoms with Crippen LogP contribution in [0.3, 0.4) is 0 Å². The Morgan fingerprint density at radius 3 is 2.32 bits per heavy atom. The summed E-state index contributed by atoms with van der Waals surface area (Å²) in [5, 5.41) is 24.5. The van der Waals surface area contributed by atoms with Crippen LogP contribution in [0.2, 0.25) is 5.15 Å². The molecule has 0 radical (unpaired) electrons. The lowest BCUT2D eigenvalue weighted by atomic mass is 9.85. The molecule has 6 rings (SSSR count). The number of pyridine rings is 1. The van der Waals surface area contributed by atoms with Crippen LogP contribution in [0.4, 0.5) is 17.3 Å². The van der Waals surface area contributed by atoms with E-state index >= 15 is 0 Å². The summed E-state index contributed by atoms with van der Waals surface area (Å²) < 4.78 is 0. The van der Waals surface area contributed by atoms with Gasteiger partial charge in [0.05, 0.1) is 39.5 Å². The van der Waals surface area contributed by atoms with E-state index in [1.165, 1.54) is 11.1 Å². The standard InChI is InChI=1S/C37H45ClN10O4S/c1-21(23-6-8-24(9-7-23)31-22(2)41-20-53-31)42-35(51)28-16-26(49)19-48(28)36(52)32(37(3,4)5)43-34(50)25-10-11-30(40-18-25)47-14-12-46(13-15-47)27-17-29(38)44-45-33(27)39/h6-11,17-18,20-21,26,28,32,49H,12-16,19H2,1-5H3,(H2,39,45)(H,42,51)(H,43,50)/t21?,26-,28+,32?/m1/s1. The van der Waals surface area contributed by atoms with Crippen LogP contribution in [-0.2, 0) is 9.59 Å². The summed E-state index contributed by atoms with van der Waals surface area (Å²) in [6.45, 7) is 12.0. The monoisotopic (exact) mass is 760 g/mol. The molecule has 16 heteroatoms. The third-order valence-electron chi connectivity index (χ3n) is 9.76. The van der Waals surface area contributed by atoms with E-state index in [1.807, 2.05) is 64.4 Å². The number of hydrogen-bond acceptors (Lipinski definition) is 12. The number of benzene rings is 1. The third kappa shape index (κ3) is 8.53. The Morgan fingerprint density at radius 1 is 1.00 bits per heavy atom. The number of nitrogens with zero attached hydrogens (tertiary/aromatic N) is 7. The fraction of sp³-hybridized carbons (Fsp3) is 0.432. The Hall–Kier alpha value is -4.86. The van der Waals surface area contributed by atoms with E-state index in [0.717, 1.165) is 27.4 Å². The van der Waals surface area contributed by atoms with Gasteiger partial charge in [-0.25, -0.2) is 9.97 Å². The van der Waals surface area contributed by atoms with E-state index in [1.54, 1.807) is 29.5 Å². The number of aryl methyl sites for hydroxylation is 1. The maximum Gasteiger partial charge on any atom is 0.253 e. The number of aliphatic hydroxyl groups excluding tert-OH is 1. The molecular weight excluding hydrogens is 716 g/mol. The molecule has 53 heavy (non-hydrogen) atoms. The van der Waals surface area contributed by atoms with Crippen LogP contribution in [0, 0.1) is 12.3 Å². The number of β-amino-alcohol motifs (C(OH)–C–C–N with tert-alkyl or cyclic N) is 1. The molecule has 280 valence electrons. The molecule has 3 amide bonds. The predicted molar refractivity (Wildman–Crippen MR) is 206 cm³/mol. The van der Waals surface area contributed by atoms with Gasteiger partial charge < -0.3 is 36.2 Å². The van der Waals surface area contributed by atoms with Gasteiger partial charge in [-0.2, -0.15) is 0 Å². The number of amides is 3. The minimum atomic E-state index is -0.980. The Bertz CT molecular complexity index is 1940. The summed E-state index contributed by atoms with van der Waals surface area (Å²) in [6, 6.07) is 10.9. The number of nitrogens with two attached hydrogens (primary N) is 1. The highest BCUT2D eigenvalue weighted by molar-refractivity contribution is 7.13. The van der Waals surface area contributed by atoms with Gasteiger partial charge in [-0.15, -0.1) is 21.5 Å². The van der Waals surface area contributed by atoms with Crippen LogP contribution in [0.25, 0.3) is 10.4 Å². The van der Waals surface area contributed by atoms with E-state index in [9.17, 15) is 19.5 Å². The van der Waals surface area contributed by atoms with Gasteiger partial charge in [0, 0.05) is 51.4 Å². The Labute approximate surface area is 317 Å². The van der Waals surface area contributed by atoms with Gasteiger partial charge >= 0.3 is 0 Å². The first kappa shape index (κ1) is 37.9. The lowest BCUT2D eigenvalue weighted by molar-refractivity contribution is -0.142. The van der Waals surface area contributed by atoms with Crippen molar-refractivity contribution in [1.29, 1.82) is 0 Å². The number of thiazole rings is 1. The van der Waals surface area contributed by atoms with E-state index in [-0.39, 0.29) is 30.1 Å². The molecule has 5 N–H and O–H groups in total. The second-order valence-corrected chi connectivity index (χ2v) is 15.8. The number of halogens is 1. The van der Waals surface area contributed by atoms with Crippen LogP contribution in [0.5, 0.6) is 0 Å². The Balaban J connectivity index is 1.08. The number of nitrogens with one attached hydrogen (secondary N) is 2. The number of carbonyl (C=O) groups is 3. The maximum atomic E-state index is 14.1. The van der Waals surface area contributed by atoms with E-state index in [4.69, 9.17) is 17.3 Å². The van der Waals surface area contributed by atoms with Crippen molar-refractivity contribution in [1.82, 2.24) is 35.7 Å². The van der Waals surface area contributed by atoms with Gasteiger partial charge in [0.25, 0.3) is 5.91 Å². The zero-order valence-electron chi connectivity index (χ0n) is 30.4. The molecular formula is C37H45ClN10O4S. The topological polar surface area (TPSA) is 183 Å². The van der Waals surface area contributed by atoms with Gasteiger partial charge in [0.15, 0.2) is 11.0 Å². The average molecular weight is 761 g/mol. The minimum Gasteiger partial charge on any atom is -0.391 e. The molecule has 2 unspecified atom stereocenters. The molecule has 2 aliphatic heterocycles. The second-order valence-electron chi connectivity index (χ2n) is 14.6. The first-order valence-electron chi connectivity index (χ1n) is 17.5. The predicted octanol–water partition coefficient (Wildman–Crippen LogP) is 3.85. The normalized spacial score (nSPS) is 18.8. The maximum absolute atomic E-state index is 14.1. The zero-order valence-corrected chi connectivity index (χ0v) is 32.0. The number of aliphatic hydroxyl groups is 1. The molecule has 1 aromatic carbocycles. The number of carbonyl (C=O) groups excluding carboxylic acids is 3. The van der Waals surface area contributed by atoms with Crippen molar-refractivity contribution in [2.24, 2.45) is 5.41 Å². The van der Waals surface area contributed by atoms with Crippen molar-refractivity contribution < 1.29 is 19.5 Å². The number of piperazine rings is 1. The highest BCUT2D eigenvalue weighted by Gasteiger charge is 2.45. The number of nitrogen functional groups attached to an aromatic ring is 1. The van der Waals surface area contributed by atoms with Crippen LogP contribution >= 0.6 is 22.9 Å². The number of rotatable bonds is 9. The van der Waals surface area contributed by atoms with Gasteiger partial charge in [-0.3, -0.25) is 14.4 Å². The van der Waals surface area contributed by atoms with Gasteiger partial charge in [-0.1, -0.05) is 56.6 Å². The van der Waals surface area contributed by atoms with Crippen molar-refractivity contribution in [2.75, 3.05) is 48.3 Å². The SMILES string of the molecule is Cc1ncsc1-c1ccc(C(C)NC(=O)[C@@H]2C[C@@H](O)CN2C(=O)C(NC(=O)c2ccc(N3CCN(c4cc(Cl)nnc4N)CC3)nc2)C(C)(C)C)cc1. The largest absolute Gasteiger partial charge is 0.391 e. The fourth-order valence-electron chi connectivity index (χ4n) is 6.74. The van der Waals surface area contributed by atoms with Crippen molar-refractivity contribution in [3.05, 3.63) is 76.1 Å². The number of anilines is 3. The van der Waals surface area contributed by atoms with Crippen LogP contribution in [0.15, 0.2) is 54.2 Å². The summed E-state index contributed by atoms with van der Waals surface area (Å²) in [7, 11) is 0. The molecule has 5 heterocycles. The van der Waals surface area contributed by atoms with E-state index in [2.05, 4.69) is 40.6 Å². The molecule has 4 aromatic rings. The van der Waals surface area contributed by atoms with Crippen molar-refractivity contribution in [3.63, 3.8) is 0 Å². The lowest BCUT2D eigenvalue weighted by Crippen LogP contribution is -2.57. The molecule has 14 nitrogen and oxygen atoms in total. The number of aromatic nitrogens is 4. The summed E-state index contributed by atoms with van der Waals surface area (Å²) in [5.41, 5.74) is 11.1. The molecule has 0 bridgehead atoms. The van der Waals surface area contributed by atoms with Crippen LogP contribution in [0.1, 0.15) is 61.8 Å².